The fourth-order valence-corrected chi connectivity index (χ4v) is 1.57. The van der Waals surface area contributed by atoms with Crippen molar-refractivity contribution in [3.05, 3.63) is 47.3 Å². The number of rotatable bonds is 3. The van der Waals surface area contributed by atoms with Crippen LogP contribution in [0.4, 0.5) is 0 Å². The summed E-state index contributed by atoms with van der Waals surface area (Å²) in [5.41, 5.74) is 7.01. The van der Waals surface area contributed by atoms with E-state index in [4.69, 9.17) is 10.8 Å². The lowest BCUT2D eigenvalue weighted by atomic mass is 10.1. The maximum atomic E-state index is 11.0. The number of nitrogens with two attached hydrogens (primary N) is 1. The maximum Gasteiger partial charge on any atom is 0.335 e. The van der Waals surface area contributed by atoms with E-state index < -0.39 is 11.9 Å². The van der Waals surface area contributed by atoms with Gasteiger partial charge in [-0.15, -0.1) is 0 Å². The van der Waals surface area contributed by atoms with Crippen LogP contribution in [0.2, 0.25) is 0 Å². The Labute approximate surface area is 103 Å². The third kappa shape index (κ3) is 2.08. The lowest BCUT2D eigenvalue weighted by molar-refractivity contribution is 0.0696. The highest BCUT2D eigenvalue weighted by Gasteiger charge is 2.10. The van der Waals surface area contributed by atoms with Gasteiger partial charge in [-0.3, -0.25) is 4.79 Å². The van der Waals surface area contributed by atoms with Gasteiger partial charge in [0.25, 0.3) is 5.91 Å². The summed E-state index contributed by atoms with van der Waals surface area (Å²) in [5, 5.41) is 12.9. The van der Waals surface area contributed by atoms with Gasteiger partial charge >= 0.3 is 5.97 Å². The molecule has 0 spiro atoms. The third-order valence-electron chi connectivity index (χ3n) is 2.57. The predicted molar refractivity (Wildman–Crippen MR) is 63.8 cm³/mol. The van der Waals surface area contributed by atoms with Crippen molar-refractivity contribution in [3.63, 3.8) is 0 Å². The summed E-state index contributed by atoms with van der Waals surface area (Å²) in [6.45, 7) is 1.83. The van der Waals surface area contributed by atoms with E-state index in [0.717, 1.165) is 5.56 Å². The minimum Gasteiger partial charge on any atom is -0.478 e. The van der Waals surface area contributed by atoms with E-state index in [-0.39, 0.29) is 11.1 Å². The van der Waals surface area contributed by atoms with Gasteiger partial charge in [0.1, 0.15) is 0 Å². The number of benzene rings is 1. The quantitative estimate of drug-likeness (QED) is 0.841. The summed E-state index contributed by atoms with van der Waals surface area (Å²) in [6.07, 6.45) is 2.81. The van der Waals surface area contributed by atoms with Gasteiger partial charge in [-0.2, -0.15) is 5.10 Å². The number of aryl methyl sites for hydroxylation is 1. The van der Waals surface area contributed by atoms with E-state index in [1.807, 2.05) is 6.92 Å². The molecule has 0 radical (unpaired) electrons. The number of aromatic carboxylic acids is 1. The predicted octanol–water partition coefficient (Wildman–Crippen LogP) is 0.978. The van der Waals surface area contributed by atoms with E-state index >= 15 is 0 Å². The zero-order chi connectivity index (χ0) is 13.3. The molecule has 0 atom stereocenters. The van der Waals surface area contributed by atoms with Crippen molar-refractivity contribution in [1.29, 1.82) is 0 Å². The Morgan fingerprint density at radius 1 is 1.33 bits per heavy atom. The number of carbonyl (C=O) groups is 2. The summed E-state index contributed by atoms with van der Waals surface area (Å²) in [6, 6.07) is 4.69. The molecule has 1 amide bonds. The van der Waals surface area contributed by atoms with E-state index in [0.29, 0.717) is 5.69 Å². The Hall–Kier alpha value is -2.63. The fraction of sp³-hybridized carbons (Fsp3) is 0.0833. The highest BCUT2D eigenvalue weighted by molar-refractivity contribution is 5.92. The fourth-order valence-electron chi connectivity index (χ4n) is 1.57. The first-order valence-electron chi connectivity index (χ1n) is 5.18. The highest BCUT2D eigenvalue weighted by atomic mass is 16.4. The summed E-state index contributed by atoms with van der Waals surface area (Å²) < 4.78 is 1.43. The van der Waals surface area contributed by atoms with E-state index in [2.05, 4.69) is 5.10 Å². The third-order valence-corrected chi connectivity index (χ3v) is 2.57. The molecule has 3 N–H and O–H groups in total. The lowest BCUT2D eigenvalue weighted by Gasteiger charge is -2.06. The number of hydrogen-bond acceptors (Lipinski definition) is 3. The topological polar surface area (TPSA) is 98.2 Å². The summed E-state index contributed by atoms with van der Waals surface area (Å²) in [5.74, 6) is -1.59. The van der Waals surface area contributed by atoms with Gasteiger partial charge in [0.05, 0.1) is 23.0 Å². The van der Waals surface area contributed by atoms with Crippen LogP contribution in [0.5, 0.6) is 0 Å². The molecule has 92 valence electrons. The number of nitrogens with zero attached hydrogens (tertiary/aromatic N) is 2. The zero-order valence-electron chi connectivity index (χ0n) is 9.62. The number of amides is 1. The van der Waals surface area contributed by atoms with Crippen LogP contribution >= 0.6 is 0 Å². The average Bonchev–Trinajstić information content (AvgIpc) is 2.78. The zero-order valence-corrected chi connectivity index (χ0v) is 9.62. The number of carboxylic acid groups (broad SMARTS) is 1. The smallest absolute Gasteiger partial charge is 0.335 e. The molecule has 0 saturated heterocycles. The largest absolute Gasteiger partial charge is 0.478 e. The number of carbonyl (C=O) groups excluding carboxylic acids is 1. The molecule has 0 aliphatic heterocycles. The van der Waals surface area contributed by atoms with Crippen LogP contribution in [0.25, 0.3) is 5.69 Å². The normalized spacial score (nSPS) is 10.3. The molecule has 0 aliphatic rings. The average molecular weight is 245 g/mol. The first kappa shape index (κ1) is 11.8. The lowest BCUT2D eigenvalue weighted by Crippen LogP contribution is -2.09. The molecule has 6 heteroatoms. The second-order valence-electron chi connectivity index (χ2n) is 3.84. The van der Waals surface area contributed by atoms with Crippen LogP contribution in [-0.2, 0) is 0 Å². The number of aromatic nitrogens is 2. The van der Waals surface area contributed by atoms with Crippen molar-refractivity contribution in [2.45, 2.75) is 6.92 Å². The van der Waals surface area contributed by atoms with Crippen molar-refractivity contribution >= 4 is 11.9 Å². The molecule has 18 heavy (non-hydrogen) atoms. The number of hydrogen-bond donors (Lipinski definition) is 2. The molecule has 1 aromatic heterocycles. The van der Waals surface area contributed by atoms with Crippen LogP contribution in [0.1, 0.15) is 26.3 Å². The van der Waals surface area contributed by atoms with Crippen molar-refractivity contribution in [3.8, 4) is 5.69 Å². The van der Waals surface area contributed by atoms with Gasteiger partial charge in [0.2, 0.25) is 0 Å². The first-order valence-corrected chi connectivity index (χ1v) is 5.18. The molecule has 2 aromatic rings. The van der Waals surface area contributed by atoms with Crippen LogP contribution < -0.4 is 5.73 Å². The van der Waals surface area contributed by atoms with Crippen LogP contribution in [0, 0.1) is 6.92 Å². The Bertz CT molecular complexity index is 631. The highest BCUT2D eigenvalue weighted by Crippen LogP contribution is 2.16. The monoisotopic (exact) mass is 245 g/mol. The van der Waals surface area contributed by atoms with Gasteiger partial charge in [0, 0.05) is 6.20 Å². The van der Waals surface area contributed by atoms with Crippen molar-refractivity contribution in [2.75, 3.05) is 0 Å². The summed E-state index contributed by atoms with van der Waals surface area (Å²) >= 11 is 0. The van der Waals surface area contributed by atoms with Crippen LogP contribution in [-0.4, -0.2) is 26.8 Å². The number of carboxylic acids is 1. The van der Waals surface area contributed by atoms with Crippen LogP contribution in [0.3, 0.4) is 0 Å². The Morgan fingerprint density at radius 3 is 2.61 bits per heavy atom. The molecule has 1 aromatic carbocycles. The van der Waals surface area contributed by atoms with Crippen molar-refractivity contribution < 1.29 is 14.7 Å². The van der Waals surface area contributed by atoms with Gasteiger partial charge in [-0.1, -0.05) is 6.07 Å². The minimum atomic E-state index is -1.02. The summed E-state index contributed by atoms with van der Waals surface area (Å²) in [7, 11) is 0. The van der Waals surface area contributed by atoms with Crippen molar-refractivity contribution in [1.82, 2.24) is 9.78 Å². The molecular weight excluding hydrogens is 234 g/mol. The maximum absolute atomic E-state index is 11.0. The van der Waals surface area contributed by atoms with Crippen molar-refractivity contribution in [2.24, 2.45) is 5.73 Å². The SMILES string of the molecule is Cc1ccc(C(=O)O)cc1-n1cc(C(N)=O)cn1. The van der Waals surface area contributed by atoms with Crippen LogP contribution in [0.15, 0.2) is 30.6 Å². The molecule has 1 heterocycles. The van der Waals surface area contributed by atoms with E-state index in [9.17, 15) is 9.59 Å². The first-order chi connectivity index (χ1) is 8.49. The Kier molecular flexibility index (Phi) is 2.85. The Balaban J connectivity index is 2.51. The molecular formula is C12H11N3O3. The van der Waals surface area contributed by atoms with E-state index in [1.165, 1.54) is 29.2 Å². The molecule has 0 unspecified atom stereocenters. The molecule has 0 saturated carbocycles. The standard InChI is InChI=1S/C12H11N3O3/c1-7-2-3-8(12(17)18)4-10(7)15-6-9(5-14-15)11(13)16/h2-6H,1H3,(H2,13,16)(H,17,18). The van der Waals surface area contributed by atoms with Gasteiger partial charge in [-0.25, -0.2) is 9.48 Å². The second-order valence-corrected chi connectivity index (χ2v) is 3.84. The molecule has 0 aliphatic carbocycles. The molecule has 0 fully saturated rings. The Morgan fingerprint density at radius 2 is 2.06 bits per heavy atom. The molecule has 2 rings (SSSR count). The van der Waals surface area contributed by atoms with Gasteiger partial charge in [-0.05, 0) is 24.6 Å². The minimum absolute atomic E-state index is 0.159. The van der Waals surface area contributed by atoms with E-state index in [1.54, 1.807) is 6.07 Å². The van der Waals surface area contributed by atoms with Gasteiger partial charge < -0.3 is 10.8 Å². The number of primary amides is 1. The molecule has 0 bridgehead atoms. The molecule has 6 nitrogen and oxygen atoms in total. The summed E-state index contributed by atoms with van der Waals surface area (Å²) in [4.78, 5) is 21.9. The van der Waals surface area contributed by atoms with Gasteiger partial charge in [0.15, 0.2) is 0 Å². The second kappa shape index (κ2) is 4.33.